The van der Waals surface area contributed by atoms with Gasteiger partial charge in [-0.15, -0.1) is 0 Å². The molecule has 0 unspecified atom stereocenters. The van der Waals surface area contributed by atoms with Gasteiger partial charge in [0.1, 0.15) is 5.75 Å². The number of carbonyl (C=O) groups excluding carboxylic acids is 1. The Morgan fingerprint density at radius 1 is 1.25 bits per heavy atom. The first kappa shape index (κ1) is 15.9. The number of nitrogens with one attached hydrogen (secondary N) is 2. The summed E-state index contributed by atoms with van der Waals surface area (Å²) in [5.74, 6) is 0.0190. The first-order valence-corrected chi connectivity index (χ1v) is 7.68. The molecular weight excluding hydrogens is 308 g/mol. The number of para-hydroxylation sites is 1. The number of anilines is 1. The molecule has 1 aromatic heterocycles. The van der Waals surface area contributed by atoms with E-state index in [9.17, 15) is 9.59 Å². The lowest BCUT2D eigenvalue weighted by molar-refractivity contribution is -0.115. The molecule has 0 aliphatic rings. The predicted octanol–water partition coefficient (Wildman–Crippen LogP) is 3.09. The molecule has 0 aliphatic carbocycles. The summed E-state index contributed by atoms with van der Waals surface area (Å²) in [6.07, 6.45) is 0.234. The zero-order valence-corrected chi connectivity index (χ0v) is 13.5. The highest BCUT2D eigenvalue weighted by molar-refractivity contribution is 5.94. The molecule has 0 saturated heterocycles. The fourth-order valence-corrected chi connectivity index (χ4v) is 2.43. The summed E-state index contributed by atoms with van der Waals surface area (Å²) in [7, 11) is 0. The number of rotatable bonds is 5. The van der Waals surface area contributed by atoms with Crippen LogP contribution in [0.25, 0.3) is 11.1 Å². The smallest absolute Gasteiger partial charge is 0.417 e. The number of hydrogen-bond acceptors (Lipinski definition) is 4. The topological polar surface area (TPSA) is 84.3 Å². The van der Waals surface area contributed by atoms with Crippen LogP contribution in [-0.4, -0.2) is 17.0 Å². The fraction of sp³-hybridized carbons (Fsp3) is 0.222. The van der Waals surface area contributed by atoms with E-state index in [2.05, 4.69) is 10.3 Å². The molecule has 6 nitrogen and oxygen atoms in total. The quantitative estimate of drug-likeness (QED) is 0.754. The van der Waals surface area contributed by atoms with Crippen molar-refractivity contribution in [2.24, 2.45) is 0 Å². The Hall–Kier alpha value is -3.02. The number of amides is 1. The van der Waals surface area contributed by atoms with Crippen molar-refractivity contribution in [1.29, 1.82) is 0 Å². The molecule has 2 aromatic carbocycles. The average molecular weight is 326 g/mol. The van der Waals surface area contributed by atoms with Crippen molar-refractivity contribution in [3.8, 4) is 5.75 Å². The second-order valence-corrected chi connectivity index (χ2v) is 5.72. The summed E-state index contributed by atoms with van der Waals surface area (Å²) in [6.45, 7) is 3.88. The first-order valence-electron chi connectivity index (χ1n) is 7.68. The number of benzene rings is 2. The zero-order valence-electron chi connectivity index (χ0n) is 13.5. The summed E-state index contributed by atoms with van der Waals surface area (Å²) in [6, 6.07) is 12.5. The van der Waals surface area contributed by atoms with E-state index in [1.807, 2.05) is 38.1 Å². The third-order valence-electron chi connectivity index (χ3n) is 3.39. The summed E-state index contributed by atoms with van der Waals surface area (Å²) in [5.41, 5.74) is 2.41. The standard InChI is InChI=1S/C18H18N2O4/c1-11(2)23-15-6-4-3-5-12(15)9-17(21)19-13-7-8-16-14(10-13)20-18(22)24-16/h3-8,10-11H,9H2,1-2H3,(H,19,21)(H,20,22). The van der Waals surface area contributed by atoms with Crippen LogP contribution in [0.4, 0.5) is 5.69 Å². The van der Waals surface area contributed by atoms with Crippen LogP contribution in [0, 0.1) is 0 Å². The highest BCUT2D eigenvalue weighted by Gasteiger charge is 2.11. The molecule has 0 radical (unpaired) electrons. The van der Waals surface area contributed by atoms with Crippen LogP contribution < -0.4 is 15.8 Å². The molecule has 3 rings (SSSR count). The largest absolute Gasteiger partial charge is 0.491 e. The van der Waals surface area contributed by atoms with Gasteiger partial charge in [-0.1, -0.05) is 18.2 Å². The number of oxazole rings is 1. The molecule has 0 spiro atoms. The Kier molecular flexibility index (Phi) is 4.37. The van der Waals surface area contributed by atoms with Gasteiger partial charge in [0.05, 0.1) is 18.0 Å². The Bertz CT molecular complexity index is 924. The third-order valence-corrected chi connectivity index (χ3v) is 3.39. The minimum Gasteiger partial charge on any atom is -0.491 e. The summed E-state index contributed by atoms with van der Waals surface area (Å²) < 4.78 is 10.7. The maximum atomic E-state index is 12.3. The molecular formula is C18H18N2O4. The van der Waals surface area contributed by atoms with E-state index in [1.165, 1.54) is 0 Å². The summed E-state index contributed by atoms with van der Waals surface area (Å²) in [4.78, 5) is 26.0. The number of carbonyl (C=O) groups is 1. The van der Waals surface area contributed by atoms with E-state index < -0.39 is 5.76 Å². The molecule has 124 valence electrons. The van der Waals surface area contributed by atoms with Crippen LogP contribution in [-0.2, 0) is 11.2 Å². The van der Waals surface area contributed by atoms with Crippen molar-refractivity contribution >= 4 is 22.7 Å². The number of ether oxygens (including phenoxy) is 1. The van der Waals surface area contributed by atoms with Crippen molar-refractivity contribution in [3.05, 3.63) is 58.6 Å². The zero-order chi connectivity index (χ0) is 17.1. The van der Waals surface area contributed by atoms with E-state index in [0.29, 0.717) is 22.5 Å². The molecule has 0 saturated carbocycles. The highest BCUT2D eigenvalue weighted by atomic mass is 16.5. The van der Waals surface area contributed by atoms with Crippen molar-refractivity contribution in [3.63, 3.8) is 0 Å². The molecule has 6 heteroatoms. The first-order chi connectivity index (χ1) is 11.5. The van der Waals surface area contributed by atoms with Gasteiger partial charge in [-0.25, -0.2) is 4.79 Å². The van der Waals surface area contributed by atoms with Crippen LogP contribution in [0.5, 0.6) is 5.75 Å². The van der Waals surface area contributed by atoms with Crippen LogP contribution in [0.3, 0.4) is 0 Å². The van der Waals surface area contributed by atoms with Gasteiger partial charge in [0.2, 0.25) is 5.91 Å². The molecule has 24 heavy (non-hydrogen) atoms. The molecule has 1 heterocycles. The Balaban J connectivity index is 1.74. The van der Waals surface area contributed by atoms with E-state index in [0.717, 1.165) is 5.56 Å². The SMILES string of the molecule is CC(C)Oc1ccccc1CC(=O)Nc1ccc2oc(=O)[nH]c2c1. The van der Waals surface area contributed by atoms with Gasteiger partial charge < -0.3 is 14.5 Å². The van der Waals surface area contributed by atoms with E-state index >= 15 is 0 Å². The van der Waals surface area contributed by atoms with Gasteiger partial charge in [0, 0.05) is 11.3 Å². The van der Waals surface area contributed by atoms with Crippen LogP contribution in [0.2, 0.25) is 0 Å². The Morgan fingerprint density at radius 3 is 2.83 bits per heavy atom. The number of aromatic nitrogens is 1. The second-order valence-electron chi connectivity index (χ2n) is 5.72. The predicted molar refractivity (Wildman–Crippen MR) is 91.4 cm³/mol. The fourth-order valence-electron chi connectivity index (χ4n) is 2.43. The lowest BCUT2D eigenvalue weighted by Gasteiger charge is -2.14. The highest BCUT2D eigenvalue weighted by Crippen LogP contribution is 2.21. The maximum absolute atomic E-state index is 12.3. The van der Waals surface area contributed by atoms with Crippen LogP contribution in [0.1, 0.15) is 19.4 Å². The van der Waals surface area contributed by atoms with Gasteiger partial charge in [-0.2, -0.15) is 0 Å². The minimum absolute atomic E-state index is 0.0366. The van der Waals surface area contributed by atoms with Crippen molar-refractivity contribution < 1.29 is 13.9 Å². The van der Waals surface area contributed by atoms with Gasteiger partial charge >= 0.3 is 5.76 Å². The second kappa shape index (κ2) is 6.62. The van der Waals surface area contributed by atoms with Gasteiger partial charge in [-0.05, 0) is 38.1 Å². The summed E-state index contributed by atoms with van der Waals surface area (Å²) in [5, 5.41) is 2.81. The van der Waals surface area contributed by atoms with Crippen LogP contribution >= 0.6 is 0 Å². The number of H-pyrrole nitrogens is 1. The van der Waals surface area contributed by atoms with Gasteiger partial charge in [-0.3, -0.25) is 9.78 Å². The van der Waals surface area contributed by atoms with Gasteiger partial charge in [0.25, 0.3) is 0 Å². The lowest BCUT2D eigenvalue weighted by atomic mass is 10.1. The van der Waals surface area contributed by atoms with Gasteiger partial charge in [0.15, 0.2) is 5.58 Å². The van der Waals surface area contributed by atoms with E-state index in [4.69, 9.17) is 9.15 Å². The molecule has 1 amide bonds. The molecule has 0 aliphatic heterocycles. The monoisotopic (exact) mass is 326 g/mol. The van der Waals surface area contributed by atoms with Crippen LogP contribution in [0.15, 0.2) is 51.7 Å². The number of hydrogen-bond donors (Lipinski definition) is 2. The van der Waals surface area contributed by atoms with E-state index in [-0.39, 0.29) is 18.4 Å². The molecule has 0 bridgehead atoms. The number of fused-ring (bicyclic) bond motifs is 1. The minimum atomic E-state index is -0.520. The third kappa shape index (κ3) is 3.65. The Labute approximate surface area is 138 Å². The molecule has 2 N–H and O–H groups in total. The molecule has 0 atom stereocenters. The normalized spacial score (nSPS) is 11.0. The lowest BCUT2D eigenvalue weighted by Crippen LogP contribution is -2.16. The van der Waals surface area contributed by atoms with Crippen molar-refractivity contribution in [2.75, 3.05) is 5.32 Å². The average Bonchev–Trinajstić information content (AvgIpc) is 2.88. The maximum Gasteiger partial charge on any atom is 0.417 e. The number of aromatic amines is 1. The Morgan fingerprint density at radius 2 is 2.04 bits per heavy atom. The van der Waals surface area contributed by atoms with Crippen molar-refractivity contribution in [1.82, 2.24) is 4.98 Å². The van der Waals surface area contributed by atoms with Crippen molar-refractivity contribution in [2.45, 2.75) is 26.4 Å². The molecule has 0 fully saturated rings. The summed E-state index contributed by atoms with van der Waals surface area (Å²) >= 11 is 0. The van der Waals surface area contributed by atoms with E-state index in [1.54, 1.807) is 18.2 Å². The molecule has 3 aromatic rings.